The second-order valence-corrected chi connectivity index (χ2v) is 9.19. The fraction of sp³-hybridized carbons (Fsp3) is 0.125. The number of fused-ring (bicyclic) bond motifs is 1. The van der Waals surface area contributed by atoms with Crippen LogP contribution in [0.5, 0.6) is 0 Å². The van der Waals surface area contributed by atoms with E-state index in [1.165, 1.54) is 29.2 Å². The summed E-state index contributed by atoms with van der Waals surface area (Å²) < 4.78 is 28.5. The molecule has 2 heterocycles. The minimum Gasteiger partial charge on any atom is -0.291 e. The summed E-state index contributed by atoms with van der Waals surface area (Å²) in [4.78, 5) is 19.0. The number of halogens is 1. The van der Waals surface area contributed by atoms with E-state index in [1.54, 1.807) is 24.4 Å². The fourth-order valence-electron chi connectivity index (χ4n) is 2.18. The van der Waals surface area contributed by atoms with Gasteiger partial charge in [0.1, 0.15) is 9.60 Å². The van der Waals surface area contributed by atoms with Gasteiger partial charge in [-0.15, -0.1) is 29.5 Å². The van der Waals surface area contributed by atoms with Crippen LogP contribution in [0.15, 0.2) is 38.2 Å². The summed E-state index contributed by atoms with van der Waals surface area (Å²) in [5.74, 6) is 2.59. The zero-order chi connectivity index (χ0) is 18.9. The Morgan fingerprint density at radius 2 is 2.23 bits per heavy atom. The Morgan fingerprint density at radius 1 is 1.46 bits per heavy atom. The molecule has 6 nitrogen and oxygen atoms in total. The monoisotopic (exact) mass is 425 g/mol. The van der Waals surface area contributed by atoms with Crippen LogP contribution >= 0.6 is 34.7 Å². The van der Waals surface area contributed by atoms with Gasteiger partial charge in [-0.05, 0) is 36.1 Å². The summed E-state index contributed by atoms with van der Waals surface area (Å²) in [6, 6.07) is 4.67. The Balaban J connectivity index is 2.05. The number of aromatic nitrogens is 2. The van der Waals surface area contributed by atoms with Crippen molar-refractivity contribution in [2.75, 3.05) is 10.5 Å². The molecule has 0 saturated heterocycles. The van der Waals surface area contributed by atoms with Crippen LogP contribution in [0.2, 0.25) is 5.02 Å². The SMILES string of the molecule is C#CCSc1cc(Cl)c(C)cc1S(=O)(=O)Nc1nc2ccsc2c(=O)[nH]1. The number of hydrogen-bond donors (Lipinski definition) is 2. The Hall–Kier alpha value is -1.99. The van der Waals surface area contributed by atoms with E-state index in [2.05, 4.69) is 20.6 Å². The Bertz CT molecular complexity index is 1190. The topological polar surface area (TPSA) is 91.9 Å². The molecule has 10 heteroatoms. The van der Waals surface area contributed by atoms with Crippen LogP contribution in [-0.4, -0.2) is 24.1 Å². The van der Waals surface area contributed by atoms with E-state index >= 15 is 0 Å². The Morgan fingerprint density at radius 3 is 2.96 bits per heavy atom. The molecule has 26 heavy (non-hydrogen) atoms. The number of benzene rings is 1. The van der Waals surface area contributed by atoms with Gasteiger partial charge in [0.05, 0.1) is 11.3 Å². The van der Waals surface area contributed by atoms with Gasteiger partial charge in [-0.3, -0.25) is 9.78 Å². The average molecular weight is 426 g/mol. The quantitative estimate of drug-likeness (QED) is 0.482. The number of thioether (sulfide) groups is 1. The molecule has 0 aliphatic rings. The molecular weight excluding hydrogens is 414 g/mol. The van der Waals surface area contributed by atoms with Crippen molar-refractivity contribution in [2.24, 2.45) is 0 Å². The lowest BCUT2D eigenvalue weighted by Gasteiger charge is -2.13. The smallest absolute Gasteiger partial charge is 0.270 e. The first-order valence-corrected chi connectivity index (χ1v) is 10.9. The normalized spacial score (nSPS) is 11.4. The summed E-state index contributed by atoms with van der Waals surface area (Å²) in [5.41, 5.74) is 0.620. The third kappa shape index (κ3) is 3.73. The summed E-state index contributed by atoms with van der Waals surface area (Å²) in [7, 11) is -4.01. The molecule has 0 spiro atoms. The van der Waals surface area contributed by atoms with Gasteiger partial charge in [0.2, 0.25) is 5.95 Å². The molecule has 3 aromatic rings. The van der Waals surface area contributed by atoms with Gasteiger partial charge in [0.15, 0.2) is 0 Å². The van der Waals surface area contributed by atoms with Crippen LogP contribution in [-0.2, 0) is 10.0 Å². The molecule has 0 atom stereocenters. The number of aromatic amines is 1. The minimum atomic E-state index is -4.01. The predicted octanol–water partition coefficient (Wildman–Crippen LogP) is 3.47. The number of hydrogen-bond acceptors (Lipinski definition) is 6. The van der Waals surface area contributed by atoms with Crippen LogP contribution in [0.1, 0.15) is 5.56 Å². The van der Waals surface area contributed by atoms with Crippen molar-refractivity contribution in [3.8, 4) is 12.3 Å². The van der Waals surface area contributed by atoms with Crippen molar-refractivity contribution in [1.82, 2.24) is 9.97 Å². The van der Waals surface area contributed by atoms with E-state index in [0.29, 0.717) is 25.7 Å². The van der Waals surface area contributed by atoms with E-state index in [9.17, 15) is 13.2 Å². The molecule has 0 aliphatic carbocycles. The maximum absolute atomic E-state index is 12.9. The number of rotatable bonds is 5. The first-order valence-electron chi connectivity index (χ1n) is 7.18. The molecule has 0 bridgehead atoms. The molecule has 2 aromatic heterocycles. The number of nitrogens with one attached hydrogen (secondary N) is 2. The van der Waals surface area contributed by atoms with Gasteiger partial charge >= 0.3 is 0 Å². The van der Waals surface area contributed by atoms with Crippen molar-refractivity contribution in [2.45, 2.75) is 16.7 Å². The maximum Gasteiger partial charge on any atom is 0.270 e. The van der Waals surface area contributed by atoms with Gasteiger partial charge in [0, 0.05) is 9.92 Å². The van der Waals surface area contributed by atoms with E-state index < -0.39 is 15.6 Å². The van der Waals surface area contributed by atoms with Crippen molar-refractivity contribution in [3.05, 3.63) is 44.5 Å². The van der Waals surface area contributed by atoms with E-state index in [4.69, 9.17) is 18.0 Å². The van der Waals surface area contributed by atoms with Gasteiger partial charge in [-0.2, -0.15) is 0 Å². The van der Waals surface area contributed by atoms with E-state index in [-0.39, 0.29) is 16.6 Å². The Kier molecular flexibility index (Phi) is 5.29. The lowest BCUT2D eigenvalue weighted by molar-refractivity contribution is 0.598. The molecule has 0 saturated carbocycles. The lowest BCUT2D eigenvalue weighted by Crippen LogP contribution is -2.19. The van der Waals surface area contributed by atoms with Crippen LogP contribution in [0.4, 0.5) is 5.95 Å². The fourth-order valence-corrected chi connectivity index (χ4v) is 5.40. The average Bonchev–Trinajstić information content (AvgIpc) is 3.04. The molecule has 3 rings (SSSR count). The number of terminal acetylenes is 1. The standard InChI is InChI=1S/C16H12ClN3O3S3/c1-3-5-24-12-8-10(17)9(2)7-13(12)26(22,23)20-16-18-11-4-6-25-14(11)15(21)19-16/h1,4,6-8H,5H2,2H3,(H2,18,19,20,21). The number of H-pyrrole nitrogens is 1. The van der Waals surface area contributed by atoms with Crippen LogP contribution in [0.25, 0.3) is 10.2 Å². The maximum atomic E-state index is 12.9. The first kappa shape index (κ1) is 18.8. The molecule has 2 N–H and O–H groups in total. The van der Waals surface area contributed by atoms with Crippen LogP contribution in [0, 0.1) is 19.3 Å². The van der Waals surface area contributed by atoms with Gasteiger partial charge < -0.3 is 0 Å². The second kappa shape index (κ2) is 7.32. The zero-order valence-electron chi connectivity index (χ0n) is 13.4. The molecular formula is C16H12ClN3O3S3. The molecule has 0 amide bonds. The van der Waals surface area contributed by atoms with Crippen LogP contribution < -0.4 is 10.3 Å². The molecule has 0 unspecified atom stereocenters. The number of anilines is 1. The van der Waals surface area contributed by atoms with Crippen molar-refractivity contribution < 1.29 is 8.42 Å². The number of thiophene rings is 1. The zero-order valence-corrected chi connectivity index (χ0v) is 16.6. The summed E-state index contributed by atoms with van der Waals surface area (Å²) >= 11 is 8.53. The third-order valence-electron chi connectivity index (χ3n) is 3.37. The molecule has 0 aliphatic heterocycles. The van der Waals surface area contributed by atoms with Crippen molar-refractivity contribution in [3.63, 3.8) is 0 Å². The molecule has 1 aromatic carbocycles. The minimum absolute atomic E-state index is 0.0210. The summed E-state index contributed by atoms with van der Waals surface area (Å²) in [5, 5.41) is 2.15. The largest absolute Gasteiger partial charge is 0.291 e. The second-order valence-electron chi connectivity index (χ2n) is 5.20. The lowest BCUT2D eigenvalue weighted by atomic mass is 10.2. The molecule has 0 radical (unpaired) electrons. The van der Waals surface area contributed by atoms with E-state index in [1.807, 2.05) is 0 Å². The predicted molar refractivity (Wildman–Crippen MR) is 107 cm³/mol. The van der Waals surface area contributed by atoms with Crippen molar-refractivity contribution >= 4 is 60.9 Å². The van der Waals surface area contributed by atoms with Gasteiger partial charge in [-0.25, -0.2) is 18.1 Å². The highest BCUT2D eigenvalue weighted by Crippen LogP contribution is 2.32. The van der Waals surface area contributed by atoms with Crippen LogP contribution in [0.3, 0.4) is 0 Å². The Labute approximate surface area is 163 Å². The third-order valence-corrected chi connectivity index (χ3v) is 7.15. The highest BCUT2D eigenvalue weighted by molar-refractivity contribution is 8.00. The number of nitrogens with zero attached hydrogens (tertiary/aromatic N) is 1. The highest BCUT2D eigenvalue weighted by Gasteiger charge is 2.22. The van der Waals surface area contributed by atoms with Gasteiger partial charge in [-0.1, -0.05) is 17.5 Å². The van der Waals surface area contributed by atoms with E-state index in [0.717, 1.165) is 0 Å². The first-order chi connectivity index (χ1) is 12.3. The van der Waals surface area contributed by atoms with Gasteiger partial charge in [0.25, 0.3) is 15.6 Å². The highest BCUT2D eigenvalue weighted by atomic mass is 35.5. The van der Waals surface area contributed by atoms with Crippen molar-refractivity contribution in [1.29, 1.82) is 0 Å². The molecule has 0 fully saturated rings. The number of sulfonamides is 1. The molecule has 134 valence electrons. The summed E-state index contributed by atoms with van der Waals surface area (Å²) in [6.45, 7) is 1.70. The summed E-state index contributed by atoms with van der Waals surface area (Å²) in [6.07, 6.45) is 5.27. The number of aryl methyl sites for hydroxylation is 1.